The third-order valence-electron chi connectivity index (χ3n) is 9.14. The number of aromatic nitrogens is 3. The normalized spacial score (nSPS) is 11.8. The Morgan fingerprint density at radius 3 is 1.77 bits per heavy atom. The van der Waals surface area contributed by atoms with E-state index >= 15 is 0 Å². The van der Waals surface area contributed by atoms with Gasteiger partial charge >= 0.3 is 0 Å². The van der Waals surface area contributed by atoms with Crippen LogP contribution in [0.3, 0.4) is 0 Å². The summed E-state index contributed by atoms with van der Waals surface area (Å²) in [5.41, 5.74) is 8.28. The van der Waals surface area contributed by atoms with E-state index in [1.165, 1.54) is 10.8 Å². The third kappa shape index (κ3) is 4.29. The second-order valence-corrected chi connectivity index (χ2v) is 12.0. The first kappa shape index (κ1) is 26.6. The first-order valence-corrected chi connectivity index (χ1v) is 15.9. The van der Waals surface area contributed by atoms with Gasteiger partial charge < -0.3 is 8.83 Å². The molecule has 0 aliphatic rings. The Labute approximate surface area is 274 Å². The molecule has 0 amide bonds. The smallest absolute Gasteiger partial charge is 0.164 e. The monoisotopic (exact) mass is 615 g/mol. The highest BCUT2D eigenvalue weighted by Gasteiger charge is 2.18. The van der Waals surface area contributed by atoms with Crippen LogP contribution in [0.2, 0.25) is 0 Å². The summed E-state index contributed by atoms with van der Waals surface area (Å²) in [6.07, 6.45) is 0. The maximum atomic E-state index is 6.22. The predicted octanol–water partition coefficient (Wildman–Crippen LogP) is 11.5. The van der Waals surface area contributed by atoms with E-state index in [0.29, 0.717) is 17.5 Å². The minimum atomic E-state index is 0.586. The number of hydrogen-bond acceptors (Lipinski definition) is 5. The lowest BCUT2D eigenvalue weighted by Gasteiger charge is -2.10. The largest absolute Gasteiger partial charge is 0.456 e. The van der Waals surface area contributed by atoms with E-state index in [0.717, 1.165) is 71.7 Å². The highest BCUT2D eigenvalue weighted by atomic mass is 16.3. The molecule has 0 radical (unpaired) electrons. The predicted molar refractivity (Wildman–Crippen MR) is 194 cm³/mol. The molecule has 10 aromatic rings. The van der Waals surface area contributed by atoms with Crippen molar-refractivity contribution in [1.82, 2.24) is 15.0 Å². The van der Waals surface area contributed by atoms with Crippen LogP contribution in [0.4, 0.5) is 0 Å². The number of hydrogen-bond donors (Lipinski definition) is 0. The van der Waals surface area contributed by atoms with Crippen LogP contribution in [-0.4, -0.2) is 15.0 Å². The molecule has 5 heteroatoms. The summed E-state index contributed by atoms with van der Waals surface area (Å²) in [6, 6.07) is 51.8. The number of para-hydroxylation sites is 2. The summed E-state index contributed by atoms with van der Waals surface area (Å²) in [7, 11) is 0. The summed E-state index contributed by atoms with van der Waals surface area (Å²) in [5, 5.41) is 6.54. The minimum Gasteiger partial charge on any atom is -0.456 e. The third-order valence-corrected chi connectivity index (χ3v) is 9.14. The highest BCUT2D eigenvalue weighted by molar-refractivity contribution is 6.12. The topological polar surface area (TPSA) is 65.0 Å². The SMILES string of the molecule is c1ccc2cc(-c3ccc(-c4nc(-c5ccc6oc7ccccc7c6c5)nc(-c5cccc6oc7ccccc7c56)n4)cc3)ccc2c1. The van der Waals surface area contributed by atoms with E-state index in [1.807, 2.05) is 60.7 Å². The fraction of sp³-hybridized carbons (Fsp3) is 0. The molecule has 224 valence electrons. The number of nitrogens with zero attached hydrogens (tertiary/aromatic N) is 3. The molecule has 0 saturated carbocycles. The lowest BCUT2D eigenvalue weighted by molar-refractivity contribution is 0.668. The summed E-state index contributed by atoms with van der Waals surface area (Å²) < 4.78 is 12.3. The van der Waals surface area contributed by atoms with Gasteiger partial charge in [0.2, 0.25) is 0 Å². The van der Waals surface area contributed by atoms with Crippen LogP contribution >= 0.6 is 0 Å². The van der Waals surface area contributed by atoms with Crippen molar-refractivity contribution in [3.63, 3.8) is 0 Å². The summed E-state index contributed by atoms with van der Waals surface area (Å²) in [6.45, 7) is 0. The maximum Gasteiger partial charge on any atom is 0.164 e. The maximum absolute atomic E-state index is 6.22. The standard InChI is InChI=1S/C43H25N3O2/c1-2-9-29-24-30(21-18-26(29)8-1)27-16-19-28(20-17-27)41-44-42(31-22-23-38-35(25-31)32-10-3-5-13-36(32)47-38)46-43(45-41)34-12-7-15-39-40(34)33-11-4-6-14-37(33)48-39/h1-25H. The Balaban J connectivity index is 1.16. The summed E-state index contributed by atoms with van der Waals surface area (Å²) in [5.74, 6) is 1.77. The van der Waals surface area contributed by atoms with Crippen molar-refractivity contribution in [2.24, 2.45) is 0 Å². The van der Waals surface area contributed by atoms with Gasteiger partial charge in [0, 0.05) is 38.2 Å². The van der Waals surface area contributed by atoms with E-state index in [1.54, 1.807) is 0 Å². The zero-order valence-electron chi connectivity index (χ0n) is 25.6. The molecule has 10 rings (SSSR count). The zero-order valence-corrected chi connectivity index (χ0v) is 25.6. The molecule has 0 N–H and O–H groups in total. The molecule has 0 saturated heterocycles. The Morgan fingerprint density at radius 2 is 0.917 bits per heavy atom. The van der Waals surface area contributed by atoms with Gasteiger partial charge in [0.05, 0.1) is 0 Å². The molecular formula is C43H25N3O2. The Hall–Kier alpha value is -6.59. The average Bonchev–Trinajstić information content (AvgIpc) is 3.73. The highest BCUT2D eigenvalue weighted by Crippen LogP contribution is 2.37. The Bertz CT molecular complexity index is 2850. The minimum absolute atomic E-state index is 0.586. The van der Waals surface area contributed by atoms with Gasteiger partial charge in [0.1, 0.15) is 22.3 Å². The average molecular weight is 616 g/mol. The van der Waals surface area contributed by atoms with Crippen molar-refractivity contribution in [2.75, 3.05) is 0 Å². The van der Waals surface area contributed by atoms with Crippen LogP contribution < -0.4 is 0 Å². The van der Waals surface area contributed by atoms with Gasteiger partial charge in [-0.05, 0) is 64.4 Å². The second-order valence-electron chi connectivity index (χ2n) is 12.0. The van der Waals surface area contributed by atoms with Crippen molar-refractivity contribution < 1.29 is 8.83 Å². The van der Waals surface area contributed by atoms with Gasteiger partial charge in [-0.1, -0.05) is 109 Å². The number of fused-ring (bicyclic) bond motifs is 7. The first-order valence-electron chi connectivity index (χ1n) is 15.9. The molecule has 5 nitrogen and oxygen atoms in total. The van der Waals surface area contributed by atoms with E-state index in [9.17, 15) is 0 Å². The van der Waals surface area contributed by atoms with Crippen LogP contribution in [0, 0.1) is 0 Å². The Morgan fingerprint density at radius 1 is 0.333 bits per heavy atom. The van der Waals surface area contributed by atoms with Crippen LogP contribution in [0.15, 0.2) is 160 Å². The van der Waals surface area contributed by atoms with Crippen molar-refractivity contribution in [3.8, 4) is 45.3 Å². The molecule has 0 fully saturated rings. The van der Waals surface area contributed by atoms with E-state index in [2.05, 4.69) is 91.0 Å². The van der Waals surface area contributed by atoms with Crippen molar-refractivity contribution in [1.29, 1.82) is 0 Å². The van der Waals surface area contributed by atoms with Crippen LogP contribution in [0.1, 0.15) is 0 Å². The fourth-order valence-corrected chi connectivity index (χ4v) is 6.76. The molecule has 7 aromatic carbocycles. The fourth-order valence-electron chi connectivity index (χ4n) is 6.76. The summed E-state index contributed by atoms with van der Waals surface area (Å²) in [4.78, 5) is 15.3. The quantitative estimate of drug-likeness (QED) is 0.197. The Kier molecular flexibility index (Phi) is 5.81. The molecule has 0 atom stereocenters. The molecule has 3 aromatic heterocycles. The van der Waals surface area contributed by atoms with Crippen LogP contribution in [-0.2, 0) is 0 Å². The van der Waals surface area contributed by atoms with Gasteiger partial charge in [-0.15, -0.1) is 0 Å². The summed E-state index contributed by atoms with van der Waals surface area (Å²) >= 11 is 0. The van der Waals surface area contributed by atoms with Crippen molar-refractivity contribution in [2.45, 2.75) is 0 Å². The molecule has 0 aliphatic carbocycles. The lowest BCUT2D eigenvalue weighted by Crippen LogP contribution is -2.00. The molecule has 0 spiro atoms. The zero-order chi connectivity index (χ0) is 31.6. The van der Waals surface area contributed by atoms with Gasteiger partial charge in [-0.2, -0.15) is 0 Å². The molecule has 0 bridgehead atoms. The van der Waals surface area contributed by atoms with Crippen LogP contribution in [0.5, 0.6) is 0 Å². The lowest BCUT2D eigenvalue weighted by atomic mass is 10.00. The van der Waals surface area contributed by atoms with E-state index in [4.69, 9.17) is 23.8 Å². The second kappa shape index (κ2) is 10.5. The van der Waals surface area contributed by atoms with Crippen molar-refractivity contribution >= 4 is 54.6 Å². The molecule has 48 heavy (non-hydrogen) atoms. The van der Waals surface area contributed by atoms with Gasteiger partial charge in [-0.25, -0.2) is 15.0 Å². The molecular weight excluding hydrogens is 590 g/mol. The number of benzene rings is 7. The number of rotatable bonds is 4. The van der Waals surface area contributed by atoms with E-state index in [-0.39, 0.29) is 0 Å². The number of furan rings is 2. The van der Waals surface area contributed by atoms with Gasteiger partial charge in [-0.3, -0.25) is 0 Å². The van der Waals surface area contributed by atoms with Gasteiger partial charge in [0.15, 0.2) is 17.5 Å². The van der Waals surface area contributed by atoms with Gasteiger partial charge in [0.25, 0.3) is 0 Å². The van der Waals surface area contributed by atoms with Crippen molar-refractivity contribution in [3.05, 3.63) is 152 Å². The van der Waals surface area contributed by atoms with E-state index < -0.39 is 0 Å². The van der Waals surface area contributed by atoms with Crippen LogP contribution in [0.25, 0.3) is 99.9 Å². The first-order chi connectivity index (χ1) is 23.7. The molecule has 0 aliphatic heterocycles. The molecule has 3 heterocycles. The molecule has 0 unspecified atom stereocenters.